The van der Waals surface area contributed by atoms with Gasteiger partial charge in [0.2, 0.25) is 5.91 Å². The number of hydrogen-bond donors (Lipinski definition) is 1. The lowest BCUT2D eigenvalue weighted by molar-refractivity contribution is -0.116. The molecule has 0 unspecified atom stereocenters. The highest BCUT2D eigenvalue weighted by Gasteiger charge is 2.31. The average Bonchev–Trinajstić information content (AvgIpc) is 3.33. The monoisotopic (exact) mass is 415 g/mol. The van der Waals surface area contributed by atoms with E-state index in [0.717, 1.165) is 30.8 Å². The van der Waals surface area contributed by atoms with Crippen LogP contribution in [0.5, 0.6) is 0 Å². The Hall–Kier alpha value is -3.38. The predicted molar refractivity (Wildman–Crippen MR) is 121 cm³/mol. The van der Waals surface area contributed by atoms with E-state index in [9.17, 15) is 9.59 Å². The first-order chi connectivity index (χ1) is 14.6. The minimum atomic E-state index is -0.244. The third-order valence-electron chi connectivity index (χ3n) is 5.66. The first kappa shape index (κ1) is 18.6. The summed E-state index contributed by atoms with van der Waals surface area (Å²) in [7, 11) is 0. The van der Waals surface area contributed by atoms with Crippen molar-refractivity contribution >= 4 is 40.2 Å². The Morgan fingerprint density at radius 1 is 1.07 bits per heavy atom. The van der Waals surface area contributed by atoms with Gasteiger partial charge < -0.3 is 10.2 Å². The van der Waals surface area contributed by atoms with Crippen molar-refractivity contribution in [3.63, 3.8) is 0 Å². The molecule has 0 saturated heterocycles. The van der Waals surface area contributed by atoms with Gasteiger partial charge in [0.1, 0.15) is 6.54 Å². The van der Waals surface area contributed by atoms with E-state index in [1.165, 1.54) is 15.3 Å². The predicted octanol–water partition coefficient (Wildman–Crippen LogP) is 4.38. The lowest BCUT2D eigenvalue weighted by Crippen LogP contribution is -2.32. The molecule has 5 rings (SSSR count). The van der Waals surface area contributed by atoms with Crippen LogP contribution in [0, 0.1) is 0 Å². The Morgan fingerprint density at radius 2 is 1.83 bits per heavy atom. The van der Waals surface area contributed by atoms with Crippen LogP contribution in [0.3, 0.4) is 0 Å². The summed E-state index contributed by atoms with van der Waals surface area (Å²) in [6.07, 6.45) is 1.07. The van der Waals surface area contributed by atoms with Crippen LogP contribution in [0.2, 0.25) is 0 Å². The normalized spacial score (nSPS) is 15.2. The SMILES string of the molecule is C=C1c2ccccc2C(=O)N1CC(=O)Nc1ccc(N2CCc3sccc3C2)cc1. The molecule has 3 aromatic rings. The van der Waals surface area contributed by atoms with Crippen molar-refractivity contribution in [3.8, 4) is 0 Å². The summed E-state index contributed by atoms with van der Waals surface area (Å²) >= 11 is 1.83. The summed E-state index contributed by atoms with van der Waals surface area (Å²) in [5.74, 6) is -0.426. The molecule has 150 valence electrons. The summed E-state index contributed by atoms with van der Waals surface area (Å²) < 4.78 is 0. The number of carbonyl (C=O) groups excluding carboxylic acids is 2. The topological polar surface area (TPSA) is 52.7 Å². The second-order valence-electron chi connectivity index (χ2n) is 7.52. The molecule has 0 aliphatic carbocycles. The van der Waals surface area contributed by atoms with E-state index in [2.05, 4.69) is 28.2 Å². The van der Waals surface area contributed by atoms with E-state index < -0.39 is 0 Å². The second kappa shape index (κ2) is 7.46. The van der Waals surface area contributed by atoms with Crippen LogP contribution in [-0.4, -0.2) is 29.8 Å². The number of thiophene rings is 1. The highest BCUT2D eigenvalue weighted by atomic mass is 32.1. The fourth-order valence-electron chi connectivity index (χ4n) is 4.07. The molecule has 6 heteroatoms. The van der Waals surface area contributed by atoms with Crippen molar-refractivity contribution < 1.29 is 9.59 Å². The van der Waals surface area contributed by atoms with Gasteiger partial charge in [-0.2, -0.15) is 0 Å². The molecule has 0 fully saturated rings. The summed E-state index contributed by atoms with van der Waals surface area (Å²) in [5, 5.41) is 5.05. The van der Waals surface area contributed by atoms with E-state index in [1.807, 2.05) is 53.8 Å². The zero-order chi connectivity index (χ0) is 20.7. The quantitative estimate of drug-likeness (QED) is 0.688. The average molecular weight is 416 g/mol. The van der Waals surface area contributed by atoms with Gasteiger partial charge in [0.15, 0.2) is 0 Å². The van der Waals surface area contributed by atoms with Gasteiger partial charge in [-0.05, 0) is 53.8 Å². The van der Waals surface area contributed by atoms with Gasteiger partial charge in [0.25, 0.3) is 5.91 Å². The van der Waals surface area contributed by atoms with Crippen LogP contribution in [0.25, 0.3) is 5.70 Å². The van der Waals surface area contributed by atoms with E-state index in [-0.39, 0.29) is 18.4 Å². The van der Waals surface area contributed by atoms with Crippen LogP contribution in [-0.2, 0) is 17.8 Å². The number of carbonyl (C=O) groups is 2. The Bertz CT molecular complexity index is 1110. The number of rotatable bonds is 4. The van der Waals surface area contributed by atoms with Gasteiger partial charge in [0.05, 0.1) is 0 Å². The van der Waals surface area contributed by atoms with Gasteiger partial charge in [-0.25, -0.2) is 0 Å². The first-order valence-corrected chi connectivity index (χ1v) is 10.8. The molecule has 0 bridgehead atoms. The standard InChI is InChI=1S/C24H21N3O2S/c1-16-20-4-2-3-5-21(20)24(29)27(16)15-23(28)25-18-6-8-19(9-7-18)26-12-10-22-17(14-26)11-13-30-22/h2-9,11,13H,1,10,12,14-15H2,(H,25,28). The zero-order valence-electron chi connectivity index (χ0n) is 16.4. The van der Waals surface area contributed by atoms with Gasteiger partial charge in [-0.3, -0.25) is 14.5 Å². The minimum absolute atomic E-state index is 0.0544. The molecule has 2 aromatic carbocycles. The van der Waals surface area contributed by atoms with E-state index in [1.54, 1.807) is 6.07 Å². The van der Waals surface area contributed by atoms with Crippen LogP contribution < -0.4 is 10.2 Å². The number of nitrogens with one attached hydrogen (secondary N) is 1. The summed E-state index contributed by atoms with van der Waals surface area (Å²) in [6, 6.07) is 17.4. The Labute approximate surface area is 179 Å². The molecular formula is C24H21N3O2S. The first-order valence-electron chi connectivity index (χ1n) is 9.90. The molecule has 2 aliphatic heterocycles. The minimum Gasteiger partial charge on any atom is -0.367 e. The lowest BCUT2D eigenvalue weighted by atomic mass is 10.1. The number of amides is 2. The molecular weight excluding hydrogens is 394 g/mol. The summed E-state index contributed by atoms with van der Waals surface area (Å²) in [4.78, 5) is 30.4. The molecule has 3 heterocycles. The van der Waals surface area contributed by atoms with Gasteiger partial charge >= 0.3 is 0 Å². The van der Waals surface area contributed by atoms with Crippen molar-refractivity contribution in [3.05, 3.63) is 88.1 Å². The van der Waals surface area contributed by atoms with E-state index in [0.29, 0.717) is 16.9 Å². The fraction of sp³-hybridized carbons (Fsp3) is 0.167. The zero-order valence-corrected chi connectivity index (χ0v) is 17.2. The number of fused-ring (bicyclic) bond motifs is 2. The molecule has 0 saturated carbocycles. The van der Waals surface area contributed by atoms with Crippen molar-refractivity contribution in [1.29, 1.82) is 0 Å². The number of benzene rings is 2. The molecule has 0 atom stereocenters. The van der Waals surface area contributed by atoms with Gasteiger partial charge in [0, 0.05) is 46.2 Å². The van der Waals surface area contributed by atoms with Crippen molar-refractivity contribution in [1.82, 2.24) is 4.90 Å². The largest absolute Gasteiger partial charge is 0.367 e. The smallest absolute Gasteiger partial charge is 0.259 e. The highest BCUT2D eigenvalue weighted by molar-refractivity contribution is 7.10. The van der Waals surface area contributed by atoms with Gasteiger partial charge in [-0.1, -0.05) is 24.8 Å². The third-order valence-corrected chi connectivity index (χ3v) is 6.69. The maximum atomic E-state index is 12.6. The molecule has 2 aliphatic rings. The molecule has 2 amide bonds. The molecule has 5 nitrogen and oxygen atoms in total. The van der Waals surface area contributed by atoms with Crippen LogP contribution in [0.1, 0.15) is 26.4 Å². The third kappa shape index (κ3) is 3.29. The number of anilines is 2. The van der Waals surface area contributed by atoms with E-state index >= 15 is 0 Å². The Balaban J connectivity index is 1.22. The highest BCUT2D eigenvalue weighted by Crippen LogP contribution is 2.31. The fourth-order valence-corrected chi connectivity index (χ4v) is 4.96. The lowest BCUT2D eigenvalue weighted by Gasteiger charge is -2.29. The summed E-state index contributed by atoms with van der Waals surface area (Å²) in [6.45, 7) is 5.85. The van der Waals surface area contributed by atoms with Gasteiger partial charge in [-0.15, -0.1) is 11.3 Å². The van der Waals surface area contributed by atoms with Crippen molar-refractivity contribution in [2.45, 2.75) is 13.0 Å². The van der Waals surface area contributed by atoms with Crippen LogP contribution in [0.15, 0.2) is 66.6 Å². The molecule has 0 spiro atoms. The van der Waals surface area contributed by atoms with E-state index in [4.69, 9.17) is 0 Å². The summed E-state index contributed by atoms with van der Waals surface area (Å²) in [5.41, 5.74) is 5.21. The van der Waals surface area contributed by atoms with Crippen LogP contribution >= 0.6 is 11.3 Å². The van der Waals surface area contributed by atoms with Crippen LogP contribution in [0.4, 0.5) is 11.4 Å². The molecule has 30 heavy (non-hydrogen) atoms. The molecule has 1 aromatic heterocycles. The molecule has 0 radical (unpaired) electrons. The Kier molecular flexibility index (Phi) is 4.64. The second-order valence-corrected chi connectivity index (χ2v) is 8.52. The number of nitrogens with zero attached hydrogens (tertiary/aromatic N) is 2. The maximum Gasteiger partial charge on any atom is 0.259 e. The maximum absolute atomic E-state index is 12.6. The Morgan fingerprint density at radius 3 is 2.60 bits per heavy atom. The van der Waals surface area contributed by atoms with Crippen molar-refractivity contribution in [2.75, 3.05) is 23.3 Å². The number of hydrogen-bond acceptors (Lipinski definition) is 4. The molecule has 1 N–H and O–H groups in total. The van der Waals surface area contributed by atoms with Crippen molar-refractivity contribution in [2.24, 2.45) is 0 Å².